The Morgan fingerprint density at radius 2 is 1.86 bits per heavy atom. The molecule has 1 heterocycles. The summed E-state index contributed by atoms with van der Waals surface area (Å²) in [5.41, 5.74) is 0.862. The Morgan fingerprint density at radius 1 is 1.24 bits per heavy atom. The first-order chi connectivity index (χ1) is 10.2. The van der Waals surface area contributed by atoms with Gasteiger partial charge in [0.25, 0.3) is 5.91 Å². The van der Waals surface area contributed by atoms with E-state index in [-0.39, 0.29) is 5.91 Å². The molecule has 0 atom stereocenters. The van der Waals surface area contributed by atoms with Crippen molar-refractivity contribution in [1.82, 2.24) is 10.2 Å². The lowest BCUT2D eigenvalue weighted by atomic mass is 9.99. The zero-order valence-electron chi connectivity index (χ0n) is 12.2. The van der Waals surface area contributed by atoms with Crippen LogP contribution in [0.15, 0.2) is 24.3 Å². The van der Waals surface area contributed by atoms with Crippen LogP contribution in [0, 0.1) is 0 Å². The Kier molecular flexibility index (Phi) is 4.24. The molecule has 5 heteroatoms. The van der Waals surface area contributed by atoms with Crippen LogP contribution in [0.5, 0.6) is 0 Å². The van der Waals surface area contributed by atoms with Crippen molar-refractivity contribution in [1.29, 1.82) is 0 Å². The van der Waals surface area contributed by atoms with Crippen molar-refractivity contribution in [2.75, 3.05) is 39.4 Å². The number of carbonyl (C=O) groups excluding carboxylic acids is 1. The normalized spacial score (nSPS) is 21.0. The van der Waals surface area contributed by atoms with Crippen LogP contribution in [0.25, 0.3) is 0 Å². The van der Waals surface area contributed by atoms with Gasteiger partial charge >= 0.3 is 0 Å². The largest absolute Gasteiger partial charge is 0.379 e. The predicted molar refractivity (Wildman–Crippen MR) is 79.1 cm³/mol. The van der Waals surface area contributed by atoms with Gasteiger partial charge in [0, 0.05) is 39.0 Å². The molecule has 0 aromatic heterocycles. The van der Waals surface area contributed by atoms with Crippen LogP contribution in [0.1, 0.15) is 11.1 Å². The standard InChI is InChI=1S/C16H22N2O3/c19-15(17-5-6-18-7-9-21-10-8-18)16(20)11-13-3-1-2-4-14(13)12-16/h1-4,20H,5-12H2,(H,17,19). The number of carbonyl (C=O) groups is 1. The average molecular weight is 290 g/mol. The summed E-state index contributed by atoms with van der Waals surface area (Å²) in [6.07, 6.45) is 0.819. The van der Waals surface area contributed by atoms with E-state index in [2.05, 4.69) is 10.2 Å². The molecule has 0 spiro atoms. The summed E-state index contributed by atoms with van der Waals surface area (Å²) in [4.78, 5) is 14.5. The number of amides is 1. The van der Waals surface area contributed by atoms with E-state index in [1.165, 1.54) is 0 Å². The molecule has 1 aliphatic carbocycles. The van der Waals surface area contributed by atoms with Crippen LogP contribution in [-0.2, 0) is 22.4 Å². The second-order valence-corrected chi connectivity index (χ2v) is 5.86. The Hall–Kier alpha value is -1.43. The minimum atomic E-state index is -1.28. The summed E-state index contributed by atoms with van der Waals surface area (Å²) in [6.45, 7) is 4.70. The van der Waals surface area contributed by atoms with Crippen LogP contribution in [0.3, 0.4) is 0 Å². The second kappa shape index (κ2) is 6.13. The lowest BCUT2D eigenvalue weighted by Crippen LogP contribution is -2.50. The second-order valence-electron chi connectivity index (χ2n) is 5.86. The van der Waals surface area contributed by atoms with Crippen LogP contribution < -0.4 is 5.32 Å². The van der Waals surface area contributed by atoms with Gasteiger partial charge in [0.15, 0.2) is 5.60 Å². The van der Waals surface area contributed by atoms with Crippen LogP contribution in [0.4, 0.5) is 0 Å². The molecular weight excluding hydrogens is 268 g/mol. The van der Waals surface area contributed by atoms with E-state index in [1.807, 2.05) is 24.3 Å². The monoisotopic (exact) mass is 290 g/mol. The Morgan fingerprint density at radius 3 is 2.48 bits per heavy atom. The molecule has 1 saturated heterocycles. The number of nitrogens with one attached hydrogen (secondary N) is 1. The molecule has 5 nitrogen and oxygen atoms in total. The molecule has 1 amide bonds. The lowest BCUT2D eigenvalue weighted by Gasteiger charge is -2.27. The number of nitrogens with zero attached hydrogens (tertiary/aromatic N) is 1. The van der Waals surface area contributed by atoms with Crippen molar-refractivity contribution in [2.45, 2.75) is 18.4 Å². The van der Waals surface area contributed by atoms with Gasteiger partial charge in [-0.25, -0.2) is 0 Å². The highest BCUT2D eigenvalue weighted by atomic mass is 16.5. The van der Waals surface area contributed by atoms with Gasteiger partial charge in [-0.3, -0.25) is 9.69 Å². The van der Waals surface area contributed by atoms with E-state index in [4.69, 9.17) is 4.74 Å². The third-order valence-corrected chi connectivity index (χ3v) is 4.32. The quantitative estimate of drug-likeness (QED) is 0.817. The summed E-state index contributed by atoms with van der Waals surface area (Å²) >= 11 is 0. The van der Waals surface area contributed by atoms with Gasteiger partial charge < -0.3 is 15.2 Å². The molecule has 1 aromatic rings. The molecule has 0 saturated carbocycles. The van der Waals surface area contributed by atoms with Gasteiger partial charge in [-0.05, 0) is 11.1 Å². The van der Waals surface area contributed by atoms with Gasteiger partial charge in [-0.2, -0.15) is 0 Å². The number of aliphatic hydroxyl groups is 1. The molecule has 0 radical (unpaired) electrons. The van der Waals surface area contributed by atoms with E-state index >= 15 is 0 Å². The fraction of sp³-hybridized carbons (Fsp3) is 0.562. The lowest BCUT2D eigenvalue weighted by molar-refractivity contribution is -0.138. The smallest absolute Gasteiger partial charge is 0.252 e. The van der Waals surface area contributed by atoms with Gasteiger partial charge in [0.1, 0.15) is 0 Å². The van der Waals surface area contributed by atoms with Crippen molar-refractivity contribution in [3.63, 3.8) is 0 Å². The first-order valence-corrected chi connectivity index (χ1v) is 7.55. The van der Waals surface area contributed by atoms with Crippen LogP contribution in [-0.4, -0.2) is 60.9 Å². The minimum Gasteiger partial charge on any atom is -0.379 e. The zero-order chi connectivity index (χ0) is 14.7. The maximum absolute atomic E-state index is 12.3. The molecular formula is C16H22N2O3. The highest BCUT2D eigenvalue weighted by Gasteiger charge is 2.41. The third-order valence-electron chi connectivity index (χ3n) is 4.32. The highest BCUT2D eigenvalue weighted by Crippen LogP contribution is 2.29. The molecule has 1 fully saturated rings. The molecule has 21 heavy (non-hydrogen) atoms. The molecule has 2 N–H and O–H groups in total. The SMILES string of the molecule is O=C(NCCN1CCOCC1)C1(O)Cc2ccccc2C1. The number of hydrogen-bond acceptors (Lipinski definition) is 4. The Labute approximate surface area is 124 Å². The number of morpholine rings is 1. The van der Waals surface area contributed by atoms with Crippen molar-refractivity contribution >= 4 is 5.91 Å². The average Bonchev–Trinajstić information content (AvgIpc) is 2.86. The van der Waals surface area contributed by atoms with E-state index in [1.54, 1.807) is 0 Å². The molecule has 3 rings (SSSR count). The summed E-state index contributed by atoms with van der Waals surface area (Å²) in [7, 11) is 0. The fourth-order valence-electron chi connectivity index (χ4n) is 3.07. The summed E-state index contributed by atoms with van der Waals surface area (Å²) in [6, 6.07) is 7.85. The Bertz CT molecular complexity index is 487. The molecule has 114 valence electrons. The predicted octanol–water partition coefficient (Wildman–Crippen LogP) is -0.0353. The van der Waals surface area contributed by atoms with E-state index < -0.39 is 5.60 Å². The van der Waals surface area contributed by atoms with Gasteiger partial charge in [-0.15, -0.1) is 0 Å². The van der Waals surface area contributed by atoms with Gasteiger partial charge in [0.05, 0.1) is 13.2 Å². The maximum Gasteiger partial charge on any atom is 0.252 e. The number of hydrogen-bond donors (Lipinski definition) is 2. The molecule has 2 aliphatic rings. The number of rotatable bonds is 4. The van der Waals surface area contributed by atoms with E-state index in [0.717, 1.165) is 44.0 Å². The topological polar surface area (TPSA) is 61.8 Å². The van der Waals surface area contributed by atoms with E-state index in [0.29, 0.717) is 19.4 Å². The van der Waals surface area contributed by atoms with Gasteiger partial charge in [0.2, 0.25) is 0 Å². The first-order valence-electron chi connectivity index (χ1n) is 7.55. The van der Waals surface area contributed by atoms with Crippen LogP contribution in [0.2, 0.25) is 0 Å². The van der Waals surface area contributed by atoms with E-state index in [9.17, 15) is 9.90 Å². The Balaban J connectivity index is 1.49. The van der Waals surface area contributed by atoms with Crippen molar-refractivity contribution in [3.8, 4) is 0 Å². The summed E-state index contributed by atoms with van der Waals surface area (Å²) in [5.74, 6) is -0.257. The molecule has 0 unspecified atom stereocenters. The van der Waals surface area contributed by atoms with Crippen LogP contribution >= 0.6 is 0 Å². The maximum atomic E-state index is 12.3. The number of ether oxygens (including phenoxy) is 1. The van der Waals surface area contributed by atoms with Crippen molar-refractivity contribution in [2.24, 2.45) is 0 Å². The highest BCUT2D eigenvalue weighted by molar-refractivity contribution is 5.86. The molecule has 1 aliphatic heterocycles. The summed E-state index contributed by atoms with van der Waals surface area (Å²) in [5, 5.41) is 13.4. The minimum absolute atomic E-state index is 0.257. The molecule has 1 aromatic carbocycles. The first kappa shape index (κ1) is 14.5. The fourth-order valence-corrected chi connectivity index (χ4v) is 3.07. The zero-order valence-corrected chi connectivity index (χ0v) is 12.2. The number of benzene rings is 1. The van der Waals surface area contributed by atoms with Crippen molar-refractivity contribution < 1.29 is 14.6 Å². The third kappa shape index (κ3) is 3.26. The molecule has 0 bridgehead atoms. The van der Waals surface area contributed by atoms with Crippen molar-refractivity contribution in [3.05, 3.63) is 35.4 Å². The van der Waals surface area contributed by atoms with Gasteiger partial charge in [-0.1, -0.05) is 24.3 Å². The number of fused-ring (bicyclic) bond motifs is 1. The summed E-state index contributed by atoms with van der Waals surface area (Å²) < 4.78 is 5.29.